The summed E-state index contributed by atoms with van der Waals surface area (Å²) in [6.07, 6.45) is 2.64. The van der Waals surface area contributed by atoms with E-state index in [0.717, 1.165) is 16.2 Å². The van der Waals surface area contributed by atoms with Crippen LogP contribution in [0.25, 0.3) is 10.8 Å². The fraction of sp³-hybridized carbons (Fsp3) is 0.0909. The molecule has 3 aromatic carbocycles. The number of thioether (sulfide) groups is 1. The Labute approximate surface area is 176 Å². The van der Waals surface area contributed by atoms with Gasteiger partial charge in [0.15, 0.2) is 5.13 Å². The molecule has 6 heteroatoms. The first-order chi connectivity index (χ1) is 13.7. The third kappa shape index (κ3) is 4.73. The zero-order valence-electron chi connectivity index (χ0n) is 14.9. The van der Waals surface area contributed by atoms with Crippen LogP contribution in [0.5, 0.6) is 0 Å². The summed E-state index contributed by atoms with van der Waals surface area (Å²) in [6, 6.07) is 22.2. The Morgan fingerprint density at radius 3 is 2.68 bits per heavy atom. The van der Waals surface area contributed by atoms with Crippen molar-refractivity contribution in [3.05, 3.63) is 88.4 Å². The maximum Gasteiger partial charge on any atom is 0.236 e. The molecule has 1 amide bonds. The Bertz CT molecular complexity index is 1100. The van der Waals surface area contributed by atoms with Crippen LogP contribution >= 0.6 is 34.7 Å². The Hall–Kier alpha value is -2.34. The molecule has 0 unspecified atom stereocenters. The molecule has 0 radical (unpaired) electrons. The highest BCUT2D eigenvalue weighted by atomic mass is 35.5. The molecule has 3 nitrogen and oxygen atoms in total. The summed E-state index contributed by atoms with van der Waals surface area (Å²) in [5.41, 5.74) is 1.26. The molecule has 0 spiro atoms. The first-order valence-corrected chi connectivity index (χ1v) is 10.9. The largest absolute Gasteiger partial charge is 0.301 e. The zero-order valence-corrected chi connectivity index (χ0v) is 17.3. The fourth-order valence-corrected chi connectivity index (χ4v) is 4.59. The van der Waals surface area contributed by atoms with Gasteiger partial charge in [-0.15, -0.1) is 23.1 Å². The highest BCUT2D eigenvalue weighted by Gasteiger charge is 2.09. The van der Waals surface area contributed by atoms with Gasteiger partial charge in [0.2, 0.25) is 5.91 Å². The second-order valence-electron chi connectivity index (χ2n) is 6.24. The SMILES string of the molecule is O=C(CSc1ccc(Cl)cc1)Nc1ncc(Cc2cccc3ccccc23)s1. The van der Waals surface area contributed by atoms with Crippen LogP contribution in [0.1, 0.15) is 10.4 Å². The zero-order chi connectivity index (χ0) is 19.3. The fourth-order valence-electron chi connectivity index (χ4n) is 2.92. The third-order valence-corrected chi connectivity index (χ3v) is 6.40. The Morgan fingerprint density at radius 2 is 1.82 bits per heavy atom. The van der Waals surface area contributed by atoms with E-state index in [1.54, 1.807) is 0 Å². The number of nitrogens with zero attached hydrogens (tertiary/aromatic N) is 1. The van der Waals surface area contributed by atoms with E-state index >= 15 is 0 Å². The number of carbonyl (C=O) groups is 1. The maximum absolute atomic E-state index is 12.2. The summed E-state index contributed by atoms with van der Waals surface area (Å²) < 4.78 is 0. The second-order valence-corrected chi connectivity index (χ2v) is 8.84. The molecule has 0 fully saturated rings. The average Bonchev–Trinajstić information content (AvgIpc) is 3.14. The lowest BCUT2D eigenvalue weighted by molar-refractivity contribution is -0.113. The number of anilines is 1. The van der Waals surface area contributed by atoms with Crippen molar-refractivity contribution < 1.29 is 4.79 Å². The van der Waals surface area contributed by atoms with Crippen LogP contribution in [-0.2, 0) is 11.2 Å². The van der Waals surface area contributed by atoms with Gasteiger partial charge in [0.25, 0.3) is 0 Å². The normalized spacial score (nSPS) is 10.9. The van der Waals surface area contributed by atoms with Crippen LogP contribution in [-0.4, -0.2) is 16.6 Å². The summed E-state index contributed by atoms with van der Waals surface area (Å²) in [6.45, 7) is 0. The smallest absolute Gasteiger partial charge is 0.236 e. The molecule has 4 aromatic rings. The number of nitrogens with one attached hydrogen (secondary N) is 1. The summed E-state index contributed by atoms with van der Waals surface area (Å²) in [5.74, 6) is 0.269. The minimum absolute atomic E-state index is 0.0639. The van der Waals surface area contributed by atoms with Gasteiger partial charge < -0.3 is 5.32 Å². The number of hydrogen-bond donors (Lipinski definition) is 1. The molecule has 0 saturated carbocycles. The number of amides is 1. The standard InChI is InChI=1S/C22H17ClN2OS2/c23-17-8-10-18(11-9-17)27-14-21(26)25-22-24-13-19(28-22)12-16-6-3-5-15-4-1-2-7-20(15)16/h1-11,13H,12,14H2,(H,24,25,26). The van der Waals surface area contributed by atoms with E-state index in [0.29, 0.717) is 15.9 Å². The molecular weight excluding hydrogens is 408 g/mol. The summed E-state index contributed by atoms with van der Waals surface area (Å²) >= 11 is 8.87. The van der Waals surface area contributed by atoms with Crippen molar-refractivity contribution in [2.24, 2.45) is 0 Å². The van der Waals surface area contributed by atoms with Gasteiger partial charge in [-0.2, -0.15) is 0 Å². The summed E-state index contributed by atoms with van der Waals surface area (Å²) in [5, 5.41) is 6.70. The first kappa shape index (κ1) is 19.0. The highest BCUT2D eigenvalue weighted by Crippen LogP contribution is 2.26. The molecule has 1 aromatic heterocycles. The van der Waals surface area contributed by atoms with Crippen molar-refractivity contribution in [1.29, 1.82) is 0 Å². The summed E-state index contributed by atoms with van der Waals surface area (Å²) in [4.78, 5) is 18.7. The number of thiazole rings is 1. The van der Waals surface area contributed by atoms with E-state index in [4.69, 9.17) is 11.6 Å². The van der Waals surface area contributed by atoms with E-state index in [2.05, 4.69) is 52.8 Å². The van der Waals surface area contributed by atoms with Crippen LogP contribution in [0.2, 0.25) is 5.02 Å². The molecule has 1 heterocycles. The van der Waals surface area contributed by atoms with Crippen LogP contribution in [0.15, 0.2) is 77.8 Å². The molecule has 0 atom stereocenters. The Balaban J connectivity index is 1.37. The van der Waals surface area contributed by atoms with E-state index in [1.807, 2.05) is 30.5 Å². The molecule has 4 rings (SSSR count). The van der Waals surface area contributed by atoms with Gasteiger partial charge in [0.1, 0.15) is 0 Å². The van der Waals surface area contributed by atoms with Gasteiger partial charge >= 0.3 is 0 Å². The van der Waals surface area contributed by atoms with Crippen molar-refractivity contribution in [1.82, 2.24) is 4.98 Å². The quantitative estimate of drug-likeness (QED) is 0.371. The minimum Gasteiger partial charge on any atom is -0.301 e. The minimum atomic E-state index is -0.0639. The maximum atomic E-state index is 12.2. The second kappa shape index (κ2) is 8.78. The molecule has 1 N–H and O–H groups in total. The van der Waals surface area contributed by atoms with Crippen molar-refractivity contribution in [3.63, 3.8) is 0 Å². The van der Waals surface area contributed by atoms with E-state index in [1.165, 1.54) is 39.4 Å². The summed E-state index contributed by atoms with van der Waals surface area (Å²) in [7, 11) is 0. The number of aromatic nitrogens is 1. The predicted molar refractivity (Wildman–Crippen MR) is 120 cm³/mol. The highest BCUT2D eigenvalue weighted by molar-refractivity contribution is 8.00. The van der Waals surface area contributed by atoms with Gasteiger partial charge in [-0.25, -0.2) is 4.98 Å². The van der Waals surface area contributed by atoms with Crippen molar-refractivity contribution >= 4 is 56.5 Å². The number of halogens is 1. The molecule has 0 aliphatic rings. The third-order valence-electron chi connectivity index (χ3n) is 4.23. The number of fused-ring (bicyclic) bond motifs is 1. The number of rotatable bonds is 6. The number of hydrogen-bond acceptors (Lipinski definition) is 4. The molecule has 0 bridgehead atoms. The van der Waals surface area contributed by atoms with Gasteiger partial charge in [0, 0.05) is 27.4 Å². The Morgan fingerprint density at radius 1 is 1.04 bits per heavy atom. The molecular formula is C22H17ClN2OS2. The predicted octanol–water partition coefficient (Wildman–Crippen LogP) is 6.27. The molecule has 28 heavy (non-hydrogen) atoms. The molecule has 140 valence electrons. The molecule has 0 saturated heterocycles. The van der Waals surface area contributed by atoms with Crippen molar-refractivity contribution in [2.75, 3.05) is 11.1 Å². The van der Waals surface area contributed by atoms with Crippen LogP contribution in [0, 0.1) is 0 Å². The van der Waals surface area contributed by atoms with Gasteiger partial charge in [0.05, 0.1) is 5.75 Å². The van der Waals surface area contributed by atoms with Crippen LogP contribution < -0.4 is 5.32 Å². The van der Waals surface area contributed by atoms with Gasteiger partial charge in [-0.1, -0.05) is 54.1 Å². The average molecular weight is 425 g/mol. The van der Waals surface area contributed by atoms with Gasteiger partial charge in [-0.05, 0) is 40.6 Å². The van der Waals surface area contributed by atoms with Crippen LogP contribution in [0.3, 0.4) is 0 Å². The van der Waals surface area contributed by atoms with Crippen LogP contribution in [0.4, 0.5) is 5.13 Å². The number of benzene rings is 3. The van der Waals surface area contributed by atoms with Crippen molar-refractivity contribution in [2.45, 2.75) is 11.3 Å². The lowest BCUT2D eigenvalue weighted by Crippen LogP contribution is -2.13. The number of carbonyl (C=O) groups excluding carboxylic acids is 1. The van der Waals surface area contributed by atoms with Crippen molar-refractivity contribution in [3.8, 4) is 0 Å². The lowest BCUT2D eigenvalue weighted by atomic mass is 10.0. The van der Waals surface area contributed by atoms with Gasteiger partial charge in [-0.3, -0.25) is 4.79 Å². The van der Waals surface area contributed by atoms with E-state index in [-0.39, 0.29) is 5.91 Å². The monoisotopic (exact) mass is 424 g/mol. The Kier molecular flexibility index (Phi) is 5.95. The molecule has 0 aliphatic carbocycles. The van der Waals surface area contributed by atoms with E-state index < -0.39 is 0 Å². The topological polar surface area (TPSA) is 42.0 Å². The lowest BCUT2D eigenvalue weighted by Gasteiger charge is -2.04. The first-order valence-electron chi connectivity index (χ1n) is 8.77. The van der Waals surface area contributed by atoms with E-state index in [9.17, 15) is 4.79 Å². The molecule has 0 aliphatic heterocycles.